The third-order valence-electron chi connectivity index (χ3n) is 2.36. The molecule has 0 saturated heterocycles. The van der Waals surface area contributed by atoms with Crippen molar-refractivity contribution in [3.8, 4) is 0 Å². The zero-order valence-corrected chi connectivity index (χ0v) is 11.1. The van der Waals surface area contributed by atoms with Crippen molar-refractivity contribution < 1.29 is 9.90 Å². The number of hydrogen-bond donors (Lipinski definition) is 1. The first-order chi connectivity index (χ1) is 8.08. The Morgan fingerprint density at radius 3 is 2.35 bits per heavy atom. The molecule has 1 aromatic carbocycles. The quantitative estimate of drug-likeness (QED) is 0.898. The lowest BCUT2D eigenvalue weighted by Gasteiger charge is -2.20. The maximum absolute atomic E-state index is 12.1. The van der Waals surface area contributed by atoms with Crippen LogP contribution in [0.15, 0.2) is 18.2 Å². The summed E-state index contributed by atoms with van der Waals surface area (Å²) in [5, 5.41) is 9.66. The molecule has 0 fully saturated rings. The molecule has 0 spiro atoms. The van der Waals surface area contributed by atoms with Crippen molar-refractivity contribution in [1.29, 1.82) is 0 Å². The topological polar surface area (TPSA) is 40.5 Å². The van der Waals surface area contributed by atoms with E-state index in [1.54, 1.807) is 23.1 Å². The summed E-state index contributed by atoms with van der Waals surface area (Å²) in [5.41, 5.74) is 0.474. The Hall–Kier alpha value is -0.770. The minimum absolute atomic E-state index is 0.0695. The summed E-state index contributed by atoms with van der Waals surface area (Å²) in [6, 6.07) is 4.78. The van der Waals surface area contributed by atoms with Crippen LogP contribution in [0.25, 0.3) is 0 Å². The lowest BCUT2D eigenvalue weighted by atomic mass is 10.2. The van der Waals surface area contributed by atoms with Crippen LogP contribution in [-0.2, 0) is 0 Å². The number of aliphatic hydroxyl groups is 1. The van der Waals surface area contributed by atoms with Gasteiger partial charge in [-0.3, -0.25) is 4.79 Å². The summed E-state index contributed by atoms with van der Waals surface area (Å²) in [6.07, 6.45) is 0.563. The second-order valence-corrected chi connectivity index (χ2v) is 4.49. The maximum atomic E-state index is 12.1. The van der Waals surface area contributed by atoms with Gasteiger partial charge in [-0.2, -0.15) is 0 Å². The minimum atomic E-state index is -0.120. The molecular weight excluding hydrogens is 261 g/mol. The predicted molar refractivity (Wildman–Crippen MR) is 69.7 cm³/mol. The van der Waals surface area contributed by atoms with Gasteiger partial charge in [-0.1, -0.05) is 23.2 Å². The fourth-order valence-corrected chi connectivity index (χ4v) is 2.05. The van der Waals surface area contributed by atoms with Crippen molar-refractivity contribution >= 4 is 29.1 Å². The van der Waals surface area contributed by atoms with Crippen molar-refractivity contribution in [1.82, 2.24) is 4.90 Å². The molecule has 0 atom stereocenters. The second kappa shape index (κ2) is 6.84. The SMILES string of the molecule is CCN(CCCO)C(=O)c1cc(Cl)cc(Cl)c1. The van der Waals surface area contributed by atoms with Gasteiger partial charge in [0.1, 0.15) is 0 Å². The van der Waals surface area contributed by atoms with Gasteiger partial charge >= 0.3 is 0 Å². The monoisotopic (exact) mass is 275 g/mol. The molecule has 0 aliphatic rings. The number of amides is 1. The van der Waals surface area contributed by atoms with Crippen LogP contribution in [0.5, 0.6) is 0 Å². The molecule has 0 unspecified atom stereocenters. The molecule has 1 rings (SSSR count). The van der Waals surface area contributed by atoms with Crippen LogP contribution in [0.2, 0.25) is 10.0 Å². The summed E-state index contributed by atoms with van der Waals surface area (Å²) in [7, 11) is 0. The van der Waals surface area contributed by atoms with Crippen molar-refractivity contribution in [3.05, 3.63) is 33.8 Å². The van der Waals surface area contributed by atoms with Gasteiger partial charge in [0.15, 0.2) is 0 Å². The molecule has 17 heavy (non-hydrogen) atoms. The molecule has 3 nitrogen and oxygen atoms in total. The van der Waals surface area contributed by atoms with Gasteiger partial charge in [0.05, 0.1) is 0 Å². The Bertz CT molecular complexity index is 376. The molecular formula is C12H15Cl2NO2. The van der Waals surface area contributed by atoms with Gasteiger partial charge in [0.2, 0.25) is 0 Å². The van der Waals surface area contributed by atoms with Crippen LogP contribution < -0.4 is 0 Å². The molecule has 94 valence electrons. The molecule has 0 aliphatic carbocycles. The van der Waals surface area contributed by atoms with Crippen molar-refractivity contribution in [2.75, 3.05) is 19.7 Å². The lowest BCUT2D eigenvalue weighted by molar-refractivity contribution is 0.0754. The third kappa shape index (κ3) is 4.19. The van der Waals surface area contributed by atoms with Crippen LogP contribution in [0, 0.1) is 0 Å². The highest BCUT2D eigenvalue weighted by atomic mass is 35.5. The molecule has 0 aromatic heterocycles. The molecule has 0 saturated carbocycles. The van der Waals surface area contributed by atoms with Gasteiger partial charge < -0.3 is 10.0 Å². The summed E-state index contributed by atoms with van der Waals surface area (Å²) in [4.78, 5) is 13.8. The largest absolute Gasteiger partial charge is 0.396 e. The van der Waals surface area contributed by atoms with Gasteiger partial charge in [0.25, 0.3) is 5.91 Å². The zero-order chi connectivity index (χ0) is 12.8. The number of halogens is 2. The normalized spacial score (nSPS) is 10.4. The first-order valence-electron chi connectivity index (χ1n) is 5.44. The average Bonchev–Trinajstić information content (AvgIpc) is 2.28. The molecule has 5 heteroatoms. The van der Waals surface area contributed by atoms with Gasteiger partial charge in [-0.25, -0.2) is 0 Å². The highest BCUT2D eigenvalue weighted by Gasteiger charge is 2.14. The summed E-state index contributed by atoms with van der Waals surface area (Å²) in [6.45, 7) is 3.07. The Kier molecular flexibility index (Phi) is 5.75. The highest BCUT2D eigenvalue weighted by Crippen LogP contribution is 2.20. The molecule has 0 heterocycles. The first-order valence-corrected chi connectivity index (χ1v) is 6.20. The Morgan fingerprint density at radius 2 is 1.88 bits per heavy atom. The first kappa shape index (κ1) is 14.3. The highest BCUT2D eigenvalue weighted by molar-refractivity contribution is 6.35. The number of hydrogen-bond acceptors (Lipinski definition) is 2. The van der Waals surface area contributed by atoms with Crippen molar-refractivity contribution in [2.45, 2.75) is 13.3 Å². The maximum Gasteiger partial charge on any atom is 0.253 e. The fraction of sp³-hybridized carbons (Fsp3) is 0.417. The molecule has 0 radical (unpaired) electrons. The molecule has 1 amide bonds. The van der Waals surface area contributed by atoms with E-state index >= 15 is 0 Å². The molecule has 1 aromatic rings. The van der Waals surface area contributed by atoms with E-state index in [0.29, 0.717) is 35.1 Å². The van der Waals surface area contributed by atoms with Crippen LogP contribution in [-0.4, -0.2) is 35.6 Å². The molecule has 1 N–H and O–H groups in total. The summed E-state index contributed by atoms with van der Waals surface area (Å²) >= 11 is 11.7. The average molecular weight is 276 g/mol. The second-order valence-electron chi connectivity index (χ2n) is 3.62. The third-order valence-corrected chi connectivity index (χ3v) is 2.80. The Labute approximate surface area is 111 Å². The van der Waals surface area contributed by atoms with Crippen LogP contribution in [0.1, 0.15) is 23.7 Å². The van der Waals surface area contributed by atoms with E-state index in [9.17, 15) is 4.79 Å². The van der Waals surface area contributed by atoms with Gasteiger partial charge in [0, 0.05) is 35.3 Å². The summed E-state index contributed by atoms with van der Waals surface area (Å²) < 4.78 is 0. The van der Waals surface area contributed by atoms with Crippen LogP contribution in [0.3, 0.4) is 0 Å². The van der Waals surface area contributed by atoms with Crippen molar-refractivity contribution in [2.24, 2.45) is 0 Å². The van der Waals surface area contributed by atoms with Crippen LogP contribution in [0.4, 0.5) is 0 Å². The van der Waals surface area contributed by atoms with Crippen LogP contribution >= 0.6 is 23.2 Å². The Balaban J connectivity index is 2.85. The van der Waals surface area contributed by atoms with E-state index in [-0.39, 0.29) is 12.5 Å². The number of nitrogens with zero attached hydrogens (tertiary/aromatic N) is 1. The number of carbonyl (C=O) groups excluding carboxylic acids is 1. The van der Waals surface area contributed by atoms with Gasteiger partial charge in [-0.15, -0.1) is 0 Å². The number of rotatable bonds is 5. The zero-order valence-electron chi connectivity index (χ0n) is 9.62. The number of carbonyl (C=O) groups is 1. The van der Waals surface area contributed by atoms with E-state index < -0.39 is 0 Å². The standard InChI is InChI=1S/C12H15Cl2NO2/c1-2-15(4-3-5-16)12(17)9-6-10(13)8-11(14)7-9/h6-8,16H,2-5H2,1H3. The van der Waals surface area contributed by atoms with E-state index in [1.807, 2.05) is 6.92 Å². The van der Waals surface area contributed by atoms with E-state index in [4.69, 9.17) is 28.3 Å². The lowest BCUT2D eigenvalue weighted by Crippen LogP contribution is -2.32. The smallest absolute Gasteiger partial charge is 0.253 e. The van der Waals surface area contributed by atoms with E-state index in [0.717, 1.165) is 0 Å². The molecule has 0 aliphatic heterocycles. The fourth-order valence-electron chi connectivity index (χ4n) is 1.52. The molecule has 0 bridgehead atoms. The summed E-state index contributed by atoms with van der Waals surface area (Å²) in [5.74, 6) is -0.120. The number of benzene rings is 1. The Morgan fingerprint density at radius 1 is 1.29 bits per heavy atom. The predicted octanol–water partition coefficient (Wildman–Crippen LogP) is 2.84. The number of aliphatic hydroxyl groups excluding tert-OH is 1. The van der Waals surface area contributed by atoms with Crippen molar-refractivity contribution in [3.63, 3.8) is 0 Å². The van der Waals surface area contributed by atoms with E-state index in [1.165, 1.54) is 0 Å². The van der Waals surface area contributed by atoms with Gasteiger partial charge in [-0.05, 0) is 31.5 Å². The minimum Gasteiger partial charge on any atom is -0.396 e. The van der Waals surface area contributed by atoms with E-state index in [2.05, 4.69) is 0 Å².